The number of carbonyl (C=O) groups excluding carboxylic acids is 1. The standard InChI is InChI=1S/C16H22N4O3/c17-10-11-4-1-2-5-12(11)18-14(21)7-8-15-19-16(20-23-15)13-6-3-9-22-13/h3,6,9,11-12H,1-2,4-5,7-8,10,17H2,(H,18,21). The Labute approximate surface area is 134 Å². The average Bonchev–Trinajstić information content (AvgIpc) is 3.24. The molecule has 3 N–H and O–H groups in total. The summed E-state index contributed by atoms with van der Waals surface area (Å²) in [4.78, 5) is 16.4. The number of nitrogens with two attached hydrogens (primary N) is 1. The van der Waals surface area contributed by atoms with Gasteiger partial charge in [0.1, 0.15) is 0 Å². The predicted octanol–water partition coefficient (Wildman–Crippen LogP) is 1.90. The number of hydrogen-bond donors (Lipinski definition) is 2. The van der Waals surface area contributed by atoms with Gasteiger partial charge in [0.15, 0.2) is 5.76 Å². The number of carbonyl (C=O) groups is 1. The van der Waals surface area contributed by atoms with Crippen LogP contribution in [0.4, 0.5) is 0 Å². The van der Waals surface area contributed by atoms with Crippen molar-refractivity contribution in [1.82, 2.24) is 15.5 Å². The summed E-state index contributed by atoms with van der Waals surface area (Å²) in [6.07, 6.45) is 6.75. The summed E-state index contributed by atoms with van der Waals surface area (Å²) in [5, 5.41) is 6.95. The highest BCUT2D eigenvalue weighted by Crippen LogP contribution is 2.23. The summed E-state index contributed by atoms with van der Waals surface area (Å²) in [6, 6.07) is 3.72. The molecule has 1 aliphatic rings. The van der Waals surface area contributed by atoms with E-state index < -0.39 is 0 Å². The number of rotatable bonds is 6. The van der Waals surface area contributed by atoms with E-state index in [1.165, 1.54) is 6.42 Å². The number of amides is 1. The Hall–Kier alpha value is -2.15. The minimum atomic E-state index is 0.00750. The molecule has 2 heterocycles. The quantitative estimate of drug-likeness (QED) is 0.842. The maximum Gasteiger partial charge on any atom is 0.238 e. The minimum absolute atomic E-state index is 0.00750. The predicted molar refractivity (Wildman–Crippen MR) is 83.3 cm³/mol. The van der Waals surface area contributed by atoms with Crippen LogP contribution in [0.3, 0.4) is 0 Å². The van der Waals surface area contributed by atoms with Crippen molar-refractivity contribution in [3.05, 3.63) is 24.3 Å². The molecule has 1 amide bonds. The Morgan fingerprint density at radius 1 is 1.39 bits per heavy atom. The van der Waals surface area contributed by atoms with Gasteiger partial charge >= 0.3 is 0 Å². The molecule has 0 aromatic carbocycles. The van der Waals surface area contributed by atoms with Crippen LogP contribution in [0.2, 0.25) is 0 Å². The Morgan fingerprint density at radius 2 is 2.26 bits per heavy atom. The highest BCUT2D eigenvalue weighted by molar-refractivity contribution is 5.76. The van der Waals surface area contributed by atoms with E-state index in [1.807, 2.05) is 0 Å². The van der Waals surface area contributed by atoms with Crippen LogP contribution in [0, 0.1) is 5.92 Å². The topological polar surface area (TPSA) is 107 Å². The Kier molecular flexibility index (Phi) is 5.07. The molecule has 0 bridgehead atoms. The summed E-state index contributed by atoms with van der Waals surface area (Å²) < 4.78 is 10.4. The van der Waals surface area contributed by atoms with E-state index in [2.05, 4.69) is 15.5 Å². The molecule has 0 spiro atoms. The Balaban J connectivity index is 1.49. The second kappa shape index (κ2) is 7.41. The zero-order valence-electron chi connectivity index (χ0n) is 13.0. The molecular weight excluding hydrogens is 296 g/mol. The molecule has 124 valence electrons. The van der Waals surface area contributed by atoms with Crippen molar-refractivity contribution in [2.75, 3.05) is 6.54 Å². The Bertz CT molecular complexity index is 623. The van der Waals surface area contributed by atoms with Gasteiger partial charge in [0.2, 0.25) is 17.6 Å². The van der Waals surface area contributed by atoms with Gasteiger partial charge in [-0.3, -0.25) is 4.79 Å². The Morgan fingerprint density at radius 3 is 3.04 bits per heavy atom. The monoisotopic (exact) mass is 318 g/mol. The van der Waals surface area contributed by atoms with Gasteiger partial charge < -0.3 is 20.0 Å². The average molecular weight is 318 g/mol. The van der Waals surface area contributed by atoms with Crippen molar-refractivity contribution < 1.29 is 13.7 Å². The molecule has 2 atom stereocenters. The lowest BCUT2D eigenvalue weighted by molar-refractivity contribution is -0.122. The first-order valence-corrected chi connectivity index (χ1v) is 8.12. The van der Waals surface area contributed by atoms with Crippen molar-refractivity contribution >= 4 is 5.91 Å². The number of aromatic nitrogens is 2. The highest BCUT2D eigenvalue weighted by Gasteiger charge is 2.25. The first-order chi connectivity index (χ1) is 11.3. The lowest BCUT2D eigenvalue weighted by atomic mass is 9.84. The van der Waals surface area contributed by atoms with Gasteiger partial charge in [-0.1, -0.05) is 18.0 Å². The minimum Gasteiger partial charge on any atom is -0.461 e. The second-order valence-corrected chi connectivity index (χ2v) is 5.94. The van der Waals surface area contributed by atoms with Crippen LogP contribution in [0.5, 0.6) is 0 Å². The van der Waals surface area contributed by atoms with E-state index in [9.17, 15) is 4.79 Å². The molecule has 7 nitrogen and oxygen atoms in total. The first-order valence-electron chi connectivity index (χ1n) is 8.12. The third-order valence-electron chi connectivity index (χ3n) is 4.33. The molecule has 3 rings (SSSR count). The molecule has 1 aliphatic carbocycles. The highest BCUT2D eigenvalue weighted by atomic mass is 16.5. The summed E-state index contributed by atoms with van der Waals surface area (Å²) in [6.45, 7) is 0.626. The molecule has 0 saturated heterocycles. The van der Waals surface area contributed by atoms with Crippen molar-refractivity contribution in [2.24, 2.45) is 11.7 Å². The molecular formula is C16H22N4O3. The fourth-order valence-corrected chi connectivity index (χ4v) is 3.04. The lowest BCUT2D eigenvalue weighted by Gasteiger charge is -2.31. The number of hydrogen-bond acceptors (Lipinski definition) is 6. The van der Waals surface area contributed by atoms with E-state index in [1.54, 1.807) is 18.4 Å². The fourth-order valence-electron chi connectivity index (χ4n) is 3.04. The van der Waals surface area contributed by atoms with Crippen molar-refractivity contribution in [2.45, 2.75) is 44.6 Å². The van der Waals surface area contributed by atoms with E-state index >= 15 is 0 Å². The summed E-state index contributed by atoms with van der Waals surface area (Å²) in [7, 11) is 0. The lowest BCUT2D eigenvalue weighted by Crippen LogP contribution is -2.44. The van der Waals surface area contributed by atoms with Crippen molar-refractivity contribution in [3.8, 4) is 11.6 Å². The van der Waals surface area contributed by atoms with E-state index in [0.29, 0.717) is 42.8 Å². The molecule has 0 radical (unpaired) electrons. The first kappa shape index (κ1) is 15.7. The fraction of sp³-hybridized carbons (Fsp3) is 0.562. The van der Waals surface area contributed by atoms with Gasteiger partial charge in [0.25, 0.3) is 0 Å². The van der Waals surface area contributed by atoms with Crippen LogP contribution in [0.15, 0.2) is 27.3 Å². The molecule has 7 heteroatoms. The number of nitrogens with one attached hydrogen (secondary N) is 1. The second-order valence-electron chi connectivity index (χ2n) is 5.94. The number of nitrogens with zero attached hydrogens (tertiary/aromatic N) is 2. The van der Waals surface area contributed by atoms with Crippen LogP contribution in [-0.4, -0.2) is 28.6 Å². The van der Waals surface area contributed by atoms with Gasteiger partial charge in [0, 0.05) is 18.9 Å². The van der Waals surface area contributed by atoms with Crippen LogP contribution < -0.4 is 11.1 Å². The van der Waals surface area contributed by atoms with Crippen LogP contribution >= 0.6 is 0 Å². The maximum absolute atomic E-state index is 12.1. The van der Waals surface area contributed by atoms with Crippen molar-refractivity contribution in [3.63, 3.8) is 0 Å². The van der Waals surface area contributed by atoms with E-state index in [4.69, 9.17) is 14.7 Å². The van der Waals surface area contributed by atoms with Gasteiger partial charge in [-0.2, -0.15) is 4.98 Å². The SMILES string of the molecule is NCC1CCCCC1NC(=O)CCc1nc(-c2ccco2)no1. The third kappa shape index (κ3) is 3.98. The molecule has 1 saturated carbocycles. The molecule has 23 heavy (non-hydrogen) atoms. The van der Waals surface area contributed by atoms with E-state index in [-0.39, 0.29) is 11.9 Å². The van der Waals surface area contributed by atoms with Gasteiger partial charge in [-0.25, -0.2) is 0 Å². The van der Waals surface area contributed by atoms with Crippen LogP contribution in [0.25, 0.3) is 11.6 Å². The van der Waals surface area contributed by atoms with Crippen LogP contribution in [-0.2, 0) is 11.2 Å². The summed E-state index contributed by atoms with van der Waals surface area (Å²) in [5.74, 6) is 1.79. The van der Waals surface area contributed by atoms with E-state index in [0.717, 1.165) is 19.3 Å². The summed E-state index contributed by atoms with van der Waals surface area (Å²) >= 11 is 0. The smallest absolute Gasteiger partial charge is 0.238 e. The zero-order valence-corrected chi connectivity index (χ0v) is 13.0. The largest absolute Gasteiger partial charge is 0.461 e. The molecule has 2 aromatic rings. The normalized spacial score (nSPS) is 21.3. The number of furan rings is 1. The van der Waals surface area contributed by atoms with Gasteiger partial charge in [0.05, 0.1) is 6.26 Å². The van der Waals surface area contributed by atoms with Gasteiger partial charge in [-0.05, 0) is 37.4 Å². The maximum atomic E-state index is 12.1. The van der Waals surface area contributed by atoms with Crippen LogP contribution in [0.1, 0.15) is 38.0 Å². The van der Waals surface area contributed by atoms with Crippen molar-refractivity contribution in [1.29, 1.82) is 0 Å². The molecule has 1 fully saturated rings. The summed E-state index contributed by atoms with van der Waals surface area (Å²) in [5.41, 5.74) is 5.79. The molecule has 2 aromatic heterocycles. The zero-order chi connectivity index (χ0) is 16.1. The number of aryl methyl sites for hydroxylation is 1. The third-order valence-corrected chi connectivity index (χ3v) is 4.33. The molecule has 2 unspecified atom stereocenters. The molecule has 0 aliphatic heterocycles. The van der Waals surface area contributed by atoms with Gasteiger partial charge in [-0.15, -0.1) is 0 Å².